The molecule has 1 aliphatic heterocycles. The number of aryl methyl sites for hydroxylation is 1. The highest BCUT2D eigenvalue weighted by Crippen LogP contribution is 2.35. The smallest absolute Gasteiger partial charge is 0.303 e. The van der Waals surface area contributed by atoms with Crippen LogP contribution in [-0.2, 0) is 15.6 Å². The molecule has 1 atom stereocenters. The molecule has 0 radical (unpaired) electrons. The van der Waals surface area contributed by atoms with E-state index in [1.807, 2.05) is 31.2 Å². The molecule has 1 heterocycles. The molecule has 0 aliphatic carbocycles. The summed E-state index contributed by atoms with van der Waals surface area (Å²) in [7, 11) is -0.698. The van der Waals surface area contributed by atoms with Gasteiger partial charge in [0.1, 0.15) is 0 Å². The van der Waals surface area contributed by atoms with Crippen molar-refractivity contribution in [3.8, 4) is 0 Å². The van der Waals surface area contributed by atoms with Gasteiger partial charge in [0.25, 0.3) is 0 Å². The van der Waals surface area contributed by atoms with Crippen molar-refractivity contribution in [2.24, 2.45) is 5.92 Å². The average Bonchev–Trinajstić information content (AvgIpc) is 2.38. The van der Waals surface area contributed by atoms with Crippen LogP contribution >= 0.6 is 0 Å². The Hall–Kier alpha value is -1.16. The van der Waals surface area contributed by atoms with E-state index in [-0.39, 0.29) is 12.3 Å². The van der Waals surface area contributed by atoms with Crippen LogP contribution in [0.1, 0.15) is 36.3 Å². The average molecular weight is 280 g/mol. The zero-order valence-electron chi connectivity index (χ0n) is 11.2. The van der Waals surface area contributed by atoms with Gasteiger partial charge in [-0.25, -0.2) is 0 Å². The number of rotatable bonds is 4. The van der Waals surface area contributed by atoms with E-state index in [4.69, 9.17) is 5.11 Å². The highest BCUT2D eigenvalue weighted by molar-refractivity contribution is 7.85. The predicted molar refractivity (Wildman–Crippen MR) is 76.8 cm³/mol. The number of aliphatic carboxylic acids is 1. The van der Waals surface area contributed by atoms with Crippen LogP contribution in [0.4, 0.5) is 0 Å². The maximum atomic E-state index is 11.4. The molecular formula is C15H20O3S. The molecule has 2 rings (SSSR count). The summed E-state index contributed by atoms with van der Waals surface area (Å²) in [6, 6.07) is 8.14. The van der Waals surface area contributed by atoms with Crippen LogP contribution < -0.4 is 0 Å². The summed E-state index contributed by atoms with van der Waals surface area (Å²) in [4.78, 5) is 11.1. The van der Waals surface area contributed by atoms with Crippen LogP contribution in [-0.4, -0.2) is 26.8 Å². The lowest BCUT2D eigenvalue weighted by atomic mass is 9.80. The van der Waals surface area contributed by atoms with Crippen molar-refractivity contribution in [2.45, 2.75) is 32.1 Å². The van der Waals surface area contributed by atoms with E-state index in [0.29, 0.717) is 17.4 Å². The molecule has 1 aliphatic rings. The fraction of sp³-hybridized carbons (Fsp3) is 0.533. The Kier molecular flexibility index (Phi) is 4.75. The van der Waals surface area contributed by atoms with Crippen molar-refractivity contribution in [1.82, 2.24) is 0 Å². The van der Waals surface area contributed by atoms with Gasteiger partial charge in [-0.2, -0.15) is 0 Å². The van der Waals surface area contributed by atoms with E-state index in [9.17, 15) is 9.00 Å². The number of hydrogen-bond donors (Lipinski definition) is 1. The summed E-state index contributed by atoms with van der Waals surface area (Å²) in [5.41, 5.74) is 2.29. The maximum absolute atomic E-state index is 11.4. The number of carbonyl (C=O) groups is 1. The minimum atomic E-state index is -0.753. The molecule has 1 unspecified atom stereocenters. The molecule has 104 valence electrons. The van der Waals surface area contributed by atoms with Gasteiger partial charge in [-0.1, -0.05) is 29.8 Å². The monoisotopic (exact) mass is 280 g/mol. The Morgan fingerprint density at radius 3 is 2.42 bits per heavy atom. The van der Waals surface area contributed by atoms with Crippen molar-refractivity contribution in [3.63, 3.8) is 0 Å². The first kappa shape index (κ1) is 14.3. The van der Waals surface area contributed by atoms with Gasteiger partial charge in [0.15, 0.2) is 0 Å². The molecule has 1 fully saturated rings. The molecule has 4 heteroatoms. The first-order valence-electron chi connectivity index (χ1n) is 6.69. The summed E-state index contributed by atoms with van der Waals surface area (Å²) in [5, 5.41) is 9.12. The third kappa shape index (κ3) is 3.90. The van der Waals surface area contributed by atoms with E-state index in [0.717, 1.165) is 18.4 Å². The Labute approximate surface area is 116 Å². The third-order valence-corrected chi connectivity index (χ3v) is 5.28. The fourth-order valence-electron chi connectivity index (χ4n) is 2.77. The molecule has 19 heavy (non-hydrogen) atoms. The van der Waals surface area contributed by atoms with Crippen molar-refractivity contribution in [3.05, 3.63) is 35.4 Å². The van der Waals surface area contributed by atoms with Crippen LogP contribution in [0, 0.1) is 12.8 Å². The first-order valence-corrected chi connectivity index (χ1v) is 8.18. The van der Waals surface area contributed by atoms with Crippen LogP contribution in [0.5, 0.6) is 0 Å². The molecule has 0 bridgehead atoms. The second-order valence-corrected chi connectivity index (χ2v) is 7.00. The van der Waals surface area contributed by atoms with Gasteiger partial charge in [0, 0.05) is 22.3 Å². The Balaban J connectivity index is 2.17. The maximum Gasteiger partial charge on any atom is 0.303 e. The lowest BCUT2D eigenvalue weighted by molar-refractivity contribution is -0.137. The van der Waals surface area contributed by atoms with Gasteiger partial charge >= 0.3 is 5.97 Å². The normalized spacial score (nSPS) is 24.9. The Bertz CT molecular complexity index is 457. The van der Waals surface area contributed by atoms with Gasteiger partial charge < -0.3 is 5.11 Å². The van der Waals surface area contributed by atoms with Crippen molar-refractivity contribution in [1.29, 1.82) is 0 Å². The largest absolute Gasteiger partial charge is 0.481 e. The van der Waals surface area contributed by atoms with E-state index in [2.05, 4.69) is 0 Å². The number of hydrogen-bond acceptors (Lipinski definition) is 2. The molecule has 0 amide bonds. The second-order valence-electron chi connectivity index (χ2n) is 5.30. The molecule has 0 saturated carbocycles. The summed E-state index contributed by atoms with van der Waals surface area (Å²) in [6.07, 6.45) is 1.91. The minimum Gasteiger partial charge on any atom is -0.481 e. The van der Waals surface area contributed by atoms with Crippen molar-refractivity contribution >= 4 is 16.8 Å². The molecule has 1 aromatic carbocycles. The third-order valence-electron chi connectivity index (χ3n) is 3.90. The molecular weight excluding hydrogens is 260 g/mol. The zero-order valence-corrected chi connectivity index (χ0v) is 12.0. The lowest BCUT2D eigenvalue weighted by Gasteiger charge is -2.29. The zero-order chi connectivity index (χ0) is 13.8. The van der Waals surface area contributed by atoms with Gasteiger partial charge in [0.2, 0.25) is 0 Å². The topological polar surface area (TPSA) is 54.4 Å². The summed E-state index contributed by atoms with van der Waals surface area (Å²) < 4.78 is 11.4. The fourth-order valence-corrected chi connectivity index (χ4v) is 4.11. The quantitative estimate of drug-likeness (QED) is 0.922. The molecule has 1 N–H and O–H groups in total. The Morgan fingerprint density at radius 2 is 1.89 bits per heavy atom. The van der Waals surface area contributed by atoms with Crippen LogP contribution in [0.2, 0.25) is 0 Å². The van der Waals surface area contributed by atoms with Crippen molar-refractivity contribution < 1.29 is 14.1 Å². The number of carboxylic acids is 1. The molecule has 0 aromatic heterocycles. The van der Waals surface area contributed by atoms with Crippen LogP contribution in [0.3, 0.4) is 0 Å². The Morgan fingerprint density at radius 1 is 1.32 bits per heavy atom. The molecule has 3 nitrogen and oxygen atoms in total. The van der Waals surface area contributed by atoms with E-state index in [1.54, 1.807) is 0 Å². The van der Waals surface area contributed by atoms with Gasteiger partial charge in [-0.05, 0) is 37.2 Å². The summed E-state index contributed by atoms with van der Waals surface area (Å²) >= 11 is 0. The highest BCUT2D eigenvalue weighted by atomic mass is 32.2. The minimum absolute atomic E-state index is 0.0513. The van der Waals surface area contributed by atoms with Gasteiger partial charge in [0.05, 0.1) is 6.42 Å². The van der Waals surface area contributed by atoms with E-state index >= 15 is 0 Å². The van der Waals surface area contributed by atoms with Crippen molar-refractivity contribution in [2.75, 3.05) is 11.5 Å². The SMILES string of the molecule is Cc1ccc(C(CC(=O)O)C2CCS(=O)CC2)cc1. The van der Waals surface area contributed by atoms with Gasteiger partial charge in [-0.15, -0.1) is 0 Å². The van der Waals surface area contributed by atoms with E-state index < -0.39 is 16.8 Å². The summed E-state index contributed by atoms with van der Waals surface area (Å²) in [5.74, 6) is 1.07. The standard InChI is InChI=1S/C15H20O3S/c1-11-2-4-12(5-3-11)14(10-15(16)17)13-6-8-19(18)9-7-13/h2-5,13-14H,6-10H2,1H3,(H,16,17). The summed E-state index contributed by atoms with van der Waals surface area (Å²) in [6.45, 7) is 2.03. The number of benzene rings is 1. The van der Waals surface area contributed by atoms with Crippen LogP contribution in [0.15, 0.2) is 24.3 Å². The number of carboxylic acid groups (broad SMARTS) is 1. The molecule has 1 aromatic rings. The highest BCUT2D eigenvalue weighted by Gasteiger charge is 2.28. The van der Waals surface area contributed by atoms with E-state index in [1.165, 1.54) is 5.56 Å². The molecule has 0 spiro atoms. The molecule has 1 saturated heterocycles. The van der Waals surface area contributed by atoms with Crippen LogP contribution in [0.25, 0.3) is 0 Å². The second kappa shape index (κ2) is 6.33. The lowest BCUT2D eigenvalue weighted by Crippen LogP contribution is -2.25. The van der Waals surface area contributed by atoms with Gasteiger partial charge in [-0.3, -0.25) is 9.00 Å². The predicted octanol–water partition coefficient (Wildman–Crippen LogP) is 2.71. The first-order chi connectivity index (χ1) is 9.06.